The molecule has 2 aromatic carbocycles. The fourth-order valence-electron chi connectivity index (χ4n) is 2.74. The van der Waals surface area contributed by atoms with E-state index in [0.29, 0.717) is 16.6 Å². The highest BCUT2D eigenvalue weighted by Gasteiger charge is 2.15. The fourth-order valence-corrected chi connectivity index (χ4v) is 3.24. The van der Waals surface area contributed by atoms with Crippen LogP contribution in [0.1, 0.15) is 37.5 Å². The minimum atomic E-state index is -0.576. The quantitative estimate of drug-likeness (QED) is 0.590. The van der Waals surface area contributed by atoms with E-state index < -0.39 is 6.10 Å². The van der Waals surface area contributed by atoms with Gasteiger partial charge in [-0.3, -0.25) is 0 Å². The van der Waals surface area contributed by atoms with Crippen molar-refractivity contribution < 1.29 is 9.84 Å². The van der Waals surface area contributed by atoms with Crippen molar-refractivity contribution in [2.24, 2.45) is 0 Å². The minimum absolute atomic E-state index is 0.111. The summed E-state index contributed by atoms with van der Waals surface area (Å²) in [6, 6.07) is 11.7. The number of hydrogen-bond donors (Lipinski definition) is 2. The molecule has 0 unspecified atom stereocenters. The Hall–Kier alpha value is -1.26. The summed E-state index contributed by atoms with van der Waals surface area (Å²) >= 11 is 12.1. The van der Waals surface area contributed by atoms with Gasteiger partial charge in [-0.25, -0.2) is 0 Å². The highest BCUT2D eigenvalue weighted by molar-refractivity contribution is 6.35. The topological polar surface area (TPSA) is 41.5 Å². The molecule has 3 nitrogen and oxygen atoms in total. The lowest BCUT2D eigenvalue weighted by Gasteiger charge is -2.21. The Morgan fingerprint density at radius 1 is 1.11 bits per heavy atom. The van der Waals surface area contributed by atoms with E-state index in [2.05, 4.69) is 38.2 Å². The third-order valence-electron chi connectivity index (χ3n) is 4.44. The van der Waals surface area contributed by atoms with Crippen molar-refractivity contribution in [3.05, 3.63) is 63.1 Å². The maximum Gasteiger partial charge on any atom is 0.122 e. The second-order valence-corrected chi connectivity index (χ2v) is 8.73. The van der Waals surface area contributed by atoms with Crippen molar-refractivity contribution in [1.29, 1.82) is 0 Å². The molecule has 2 N–H and O–H groups in total. The van der Waals surface area contributed by atoms with Crippen LogP contribution < -0.4 is 10.1 Å². The van der Waals surface area contributed by atoms with Crippen molar-refractivity contribution in [2.45, 2.75) is 45.6 Å². The van der Waals surface area contributed by atoms with E-state index >= 15 is 0 Å². The molecule has 0 aliphatic rings. The molecule has 0 saturated heterocycles. The second-order valence-electron chi connectivity index (χ2n) is 7.88. The molecule has 27 heavy (non-hydrogen) atoms. The van der Waals surface area contributed by atoms with Crippen LogP contribution in [0.15, 0.2) is 36.4 Å². The van der Waals surface area contributed by atoms with E-state index in [-0.39, 0.29) is 12.0 Å². The van der Waals surface area contributed by atoms with Gasteiger partial charge in [0.15, 0.2) is 0 Å². The number of aliphatic hydroxyl groups is 1. The van der Waals surface area contributed by atoms with E-state index in [1.54, 1.807) is 6.07 Å². The molecule has 0 saturated carbocycles. The summed E-state index contributed by atoms with van der Waals surface area (Å²) in [6.45, 7) is 10.0. The van der Waals surface area contributed by atoms with Gasteiger partial charge >= 0.3 is 0 Å². The Kier molecular flexibility index (Phi) is 7.99. The summed E-state index contributed by atoms with van der Waals surface area (Å²) in [7, 11) is 0. The van der Waals surface area contributed by atoms with Crippen molar-refractivity contribution in [3.8, 4) is 5.75 Å². The summed E-state index contributed by atoms with van der Waals surface area (Å²) in [5, 5.41) is 14.7. The molecule has 1 atom stereocenters. The summed E-state index contributed by atoms with van der Waals surface area (Å²) in [5.74, 6) is 0.815. The number of hydrogen-bond acceptors (Lipinski definition) is 3. The van der Waals surface area contributed by atoms with Crippen LogP contribution in [0.5, 0.6) is 5.75 Å². The number of nitrogens with one attached hydrogen (secondary N) is 1. The number of ether oxygens (including phenoxy) is 1. The van der Waals surface area contributed by atoms with Crippen molar-refractivity contribution in [3.63, 3.8) is 0 Å². The lowest BCUT2D eigenvalue weighted by Crippen LogP contribution is -2.32. The standard InChI is InChI=1S/C22H29Cl2NO2/c1-15-11-17(22(2,3)4)6-8-21(15)27-14-19(26)13-25-10-9-16-5-7-18(23)12-20(16)24/h5-8,11-12,19,25-26H,9-10,13-14H2,1-4H3/t19-/m1/s1. The van der Waals surface area contributed by atoms with Crippen molar-refractivity contribution in [2.75, 3.05) is 19.7 Å². The predicted molar refractivity (Wildman–Crippen MR) is 114 cm³/mol. The first kappa shape index (κ1) is 22.0. The first-order valence-electron chi connectivity index (χ1n) is 9.23. The Bertz CT molecular complexity index is 756. The number of halogens is 2. The van der Waals surface area contributed by atoms with Gasteiger partial charge in [0, 0.05) is 16.6 Å². The Morgan fingerprint density at radius 3 is 2.48 bits per heavy atom. The largest absolute Gasteiger partial charge is 0.491 e. The van der Waals surface area contributed by atoms with Crippen LogP contribution >= 0.6 is 23.2 Å². The molecule has 5 heteroatoms. The SMILES string of the molecule is Cc1cc(C(C)(C)C)ccc1OC[C@H](O)CNCCc1ccc(Cl)cc1Cl. The minimum Gasteiger partial charge on any atom is -0.491 e. The van der Waals surface area contributed by atoms with Crippen molar-refractivity contribution in [1.82, 2.24) is 5.32 Å². The summed E-state index contributed by atoms with van der Waals surface area (Å²) in [6.07, 6.45) is 0.198. The van der Waals surface area contributed by atoms with Crippen LogP contribution in [0, 0.1) is 6.92 Å². The van der Waals surface area contributed by atoms with Crippen LogP contribution in [0.3, 0.4) is 0 Å². The highest BCUT2D eigenvalue weighted by Crippen LogP contribution is 2.27. The van der Waals surface area contributed by atoms with Gasteiger partial charge in [0.1, 0.15) is 18.5 Å². The average Bonchev–Trinajstić information content (AvgIpc) is 2.58. The Balaban J connectivity index is 1.74. The number of rotatable bonds is 8. The molecule has 0 fully saturated rings. The van der Waals surface area contributed by atoms with Crippen LogP contribution in [0.2, 0.25) is 10.0 Å². The van der Waals surface area contributed by atoms with Gasteiger partial charge in [0.05, 0.1) is 0 Å². The van der Waals surface area contributed by atoms with Crippen LogP contribution in [0.25, 0.3) is 0 Å². The monoisotopic (exact) mass is 409 g/mol. The van der Waals surface area contributed by atoms with Gasteiger partial charge in [-0.1, -0.05) is 62.2 Å². The molecule has 0 bridgehead atoms. The third-order valence-corrected chi connectivity index (χ3v) is 5.03. The zero-order valence-corrected chi connectivity index (χ0v) is 18.0. The van der Waals surface area contributed by atoms with Crippen LogP contribution in [-0.2, 0) is 11.8 Å². The lowest BCUT2D eigenvalue weighted by atomic mass is 9.86. The zero-order chi connectivity index (χ0) is 20.0. The van der Waals surface area contributed by atoms with Crippen LogP contribution in [0.4, 0.5) is 0 Å². The zero-order valence-electron chi connectivity index (χ0n) is 16.5. The van der Waals surface area contributed by atoms with Gasteiger partial charge in [-0.2, -0.15) is 0 Å². The summed E-state index contributed by atoms with van der Waals surface area (Å²) in [5.41, 5.74) is 3.50. The molecule has 0 spiro atoms. The molecule has 0 aliphatic heterocycles. The van der Waals surface area contributed by atoms with E-state index in [4.69, 9.17) is 27.9 Å². The molecular weight excluding hydrogens is 381 g/mol. The van der Waals surface area contributed by atoms with Gasteiger partial charge in [-0.05, 0) is 60.2 Å². The molecule has 148 valence electrons. The second kappa shape index (κ2) is 9.79. The van der Waals surface area contributed by atoms with Crippen molar-refractivity contribution >= 4 is 23.2 Å². The molecule has 0 aliphatic carbocycles. The summed E-state index contributed by atoms with van der Waals surface area (Å²) < 4.78 is 5.79. The maximum atomic E-state index is 10.1. The fraction of sp³-hybridized carbons (Fsp3) is 0.455. The van der Waals surface area contributed by atoms with E-state index in [1.807, 2.05) is 25.1 Å². The molecule has 2 rings (SSSR count). The van der Waals surface area contributed by atoms with E-state index in [9.17, 15) is 5.11 Å². The number of aryl methyl sites for hydroxylation is 1. The first-order chi connectivity index (χ1) is 12.7. The normalized spacial score (nSPS) is 12.9. The number of aliphatic hydroxyl groups excluding tert-OH is 1. The highest BCUT2D eigenvalue weighted by atomic mass is 35.5. The maximum absolute atomic E-state index is 10.1. The van der Waals surface area contributed by atoms with Gasteiger partial charge in [0.2, 0.25) is 0 Å². The predicted octanol–water partition coefficient (Wildman–Crippen LogP) is 5.17. The molecule has 0 amide bonds. The molecule has 0 heterocycles. The molecule has 2 aromatic rings. The smallest absolute Gasteiger partial charge is 0.122 e. The Labute approximate surface area is 172 Å². The van der Waals surface area contributed by atoms with Gasteiger partial charge in [-0.15, -0.1) is 0 Å². The first-order valence-corrected chi connectivity index (χ1v) is 9.99. The van der Waals surface area contributed by atoms with E-state index in [1.165, 1.54) is 5.56 Å². The number of benzene rings is 2. The Morgan fingerprint density at radius 2 is 1.85 bits per heavy atom. The average molecular weight is 410 g/mol. The summed E-state index contributed by atoms with van der Waals surface area (Å²) in [4.78, 5) is 0. The van der Waals surface area contributed by atoms with E-state index in [0.717, 1.165) is 29.8 Å². The molecular formula is C22H29Cl2NO2. The molecule has 0 radical (unpaired) electrons. The van der Waals surface area contributed by atoms with Gasteiger partial charge in [0.25, 0.3) is 0 Å². The van der Waals surface area contributed by atoms with Gasteiger partial charge < -0.3 is 15.2 Å². The third kappa shape index (κ3) is 7.00. The lowest BCUT2D eigenvalue weighted by molar-refractivity contribution is 0.106. The van der Waals surface area contributed by atoms with Crippen LogP contribution in [-0.4, -0.2) is 30.9 Å². The molecule has 0 aromatic heterocycles.